The number of carbonyl (C=O) groups excluding carboxylic acids is 1. The Morgan fingerprint density at radius 2 is 1.70 bits per heavy atom. The molecule has 0 saturated carbocycles. The lowest BCUT2D eigenvalue weighted by Gasteiger charge is -2.62. The molecule has 30 heavy (non-hydrogen) atoms. The molecule has 1 aromatic rings. The van der Waals surface area contributed by atoms with Gasteiger partial charge in [-0.1, -0.05) is 44.5 Å². The van der Waals surface area contributed by atoms with Gasteiger partial charge in [0.15, 0.2) is 0 Å². The molecular weight excluding hydrogens is 394 g/mol. The van der Waals surface area contributed by atoms with Gasteiger partial charge in [-0.3, -0.25) is 4.90 Å². The molecule has 2 aliphatic heterocycles. The normalized spacial score (nSPS) is 22.3. The highest BCUT2D eigenvalue weighted by Crippen LogP contribution is 2.55. The molecule has 1 spiro atoms. The molecule has 0 bridgehead atoms. The Bertz CT molecular complexity index is 743. The number of urea groups is 1. The zero-order chi connectivity index (χ0) is 22.3. The molecule has 2 fully saturated rings. The summed E-state index contributed by atoms with van der Waals surface area (Å²) >= 11 is 6.14. The van der Waals surface area contributed by atoms with Gasteiger partial charge in [0.05, 0.1) is 0 Å². The molecule has 0 aromatic heterocycles. The Hall–Kier alpha value is -1.26. The van der Waals surface area contributed by atoms with E-state index in [4.69, 9.17) is 11.6 Å². The van der Waals surface area contributed by atoms with Gasteiger partial charge >= 0.3 is 6.03 Å². The van der Waals surface area contributed by atoms with Gasteiger partial charge in [-0.15, -0.1) is 0 Å². The molecule has 1 aromatic carbocycles. The fourth-order valence-corrected chi connectivity index (χ4v) is 5.90. The van der Waals surface area contributed by atoms with Crippen molar-refractivity contribution in [2.75, 3.05) is 19.6 Å². The van der Waals surface area contributed by atoms with E-state index in [-0.39, 0.29) is 22.4 Å². The maximum atomic E-state index is 13.0. The molecule has 5 heteroatoms. The molecular formula is C25H40ClN3O. The predicted octanol–water partition coefficient (Wildman–Crippen LogP) is 6.11. The van der Waals surface area contributed by atoms with Crippen LogP contribution in [0.25, 0.3) is 0 Å². The standard InChI is InChI=1S/C25H40ClN3O/c1-18(2)29-17-25(21(29)19-8-10-20(26)11-9-19)12-14-28(15-13-25)22(30)27-24(6,7)16-23(3,4)5/h8-11,18,21H,12-17H2,1-7H3,(H,27,30). The maximum Gasteiger partial charge on any atom is 0.317 e. The average Bonchev–Trinajstić information content (AvgIpc) is 2.59. The van der Waals surface area contributed by atoms with Crippen molar-refractivity contribution in [2.45, 2.75) is 85.4 Å². The van der Waals surface area contributed by atoms with E-state index < -0.39 is 0 Å². The summed E-state index contributed by atoms with van der Waals surface area (Å²) in [7, 11) is 0. The number of carbonyl (C=O) groups is 1. The molecule has 2 aliphatic rings. The van der Waals surface area contributed by atoms with E-state index >= 15 is 0 Å². The Balaban J connectivity index is 1.66. The third kappa shape index (κ3) is 5.13. The fourth-order valence-electron chi connectivity index (χ4n) is 5.78. The number of amides is 2. The number of nitrogens with zero attached hydrogens (tertiary/aromatic N) is 2. The second-order valence-electron chi connectivity index (χ2n) is 11.6. The van der Waals surface area contributed by atoms with Gasteiger partial charge in [0.2, 0.25) is 0 Å². The van der Waals surface area contributed by atoms with Crippen LogP contribution >= 0.6 is 11.6 Å². The molecule has 2 saturated heterocycles. The van der Waals surface area contributed by atoms with Crippen molar-refractivity contribution >= 4 is 17.6 Å². The summed E-state index contributed by atoms with van der Waals surface area (Å²) in [4.78, 5) is 17.6. The Kier molecular flexibility index (Phi) is 6.51. The van der Waals surface area contributed by atoms with Crippen LogP contribution in [0.5, 0.6) is 0 Å². The molecule has 1 atom stereocenters. The molecule has 2 heterocycles. The zero-order valence-electron chi connectivity index (χ0n) is 19.9. The van der Waals surface area contributed by atoms with Crippen LogP contribution in [0.1, 0.15) is 79.3 Å². The quantitative estimate of drug-likeness (QED) is 0.621. The Labute approximate surface area is 188 Å². The first-order valence-corrected chi connectivity index (χ1v) is 11.8. The molecule has 0 radical (unpaired) electrons. The van der Waals surface area contributed by atoms with E-state index in [1.165, 1.54) is 5.56 Å². The molecule has 1 unspecified atom stereocenters. The number of hydrogen-bond acceptors (Lipinski definition) is 2. The number of hydrogen-bond donors (Lipinski definition) is 1. The highest BCUT2D eigenvalue weighted by Gasteiger charge is 2.54. The minimum Gasteiger partial charge on any atom is -0.333 e. The summed E-state index contributed by atoms with van der Waals surface area (Å²) in [5.41, 5.74) is 1.58. The third-order valence-electron chi connectivity index (χ3n) is 6.72. The van der Waals surface area contributed by atoms with Crippen molar-refractivity contribution in [3.05, 3.63) is 34.9 Å². The van der Waals surface area contributed by atoms with E-state index in [2.05, 4.69) is 70.8 Å². The molecule has 168 valence electrons. The Morgan fingerprint density at radius 3 is 2.20 bits per heavy atom. The minimum absolute atomic E-state index is 0.0854. The van der Waals surface area contributed by atoms with Crippen LogP contribution in [0.3, 0.4) is 0 Å². The van der Waals surface area contributed by atoms with Crippen molar-refractivity contribution < 1.29 is 4.79 Å². The van der Waals surface area contributed by atoms with Gasteiger partial charge in [-0.25, -0.2) is 4.79 Å². The van der Waals surface area contributed by atoms with Gasteiger partial charge < -0.3 is 10.2 Å². The monoisotopic (exact) mass is 433 g/mol. The van der Waals surface area contributed by atoms with Crippen LogP contribution in [-0.4, -0.2) is 47.0 Å². The number of rotatable bonds is 4. The van der Waals surface area contributed by atoms with Gasteiger partial charge in [-0.05, 0) is 70.1 Å². The maximum absolute atomic E-state index is 13.0. The summed E-state index contributed by atoms with van der Waals surface area (Å²) in [6.07, 6.45) is 3.05. The van der Waals surface area contributed by atoms with Crippen LogP contribution in [0.4, 0.5) is 4.79 Å². The van der Waals surface area contributed by atoms with Crippen molar-refractivity contribution in [1.82, 2.24) is 15.1 Å². The SMILES string of the molecule is CC(C)N1CC2(CCN(C(=O)NC(C)(C)CC(C)(C)C)CC2)C1c1ccc(Cl)cc1. The van der Waals surface area contributed by atoms with Gasteiger partial charge in [0, 0.05) is 47.7 Å². The van der Waals surface area contributed by atoms with Crippen molar-refractivity contribution in [2.24, 2.45) is 10.8 Å². The predicted molar refractivity (Wildman–Crippen MR) is 126 cm³/mol. The number of benzene rings is 1. The van der Waals surface area contributed by atoms with Crippen LogP contribution in [0, 0.1) is 10.8 Å². The number of piperidine rings is 1. The summed E-state index contributed by atoms with van der Waals surface area (Å²) in [6, 6.07) is 9.37. The summed E-state index contributed by atoms with van der Waals surface area (Å²) in [5, 5.41) is 4.07. The van der Waals surface area contributed by atoms with E-state index in [1.807, 2.05) is 17.0 Å². The molecule has 2 amide bonds. The van der Waals surface area contributed by atoms with Crippen molar-refractivity contribution in [3.8, 4) is 0 Å². The second kappa shape index (κ2) is 8.35. The van der Waals surface area contributed by atoms with E-state index in [0.717, 1.165) is 43.9 Å². The zero-order valence-corrected chi connectivity index (χ0v) is 20.6. The van der Waals surface area contributed by atoms with Crippen molar-refractivity contribution in [3.63, 3.8) is 0 Å². The van der Waals surface area contributed by atoms with Crippen LogP contribution in [0.15, 0.2) is 24.3 Å². The summed E-state index contributed by atoms with van der Waals surface area (Å²) in [6.45, 7) is 18.2. The molecule has 0 aliphatic carbocycles. The molecule has 3 rings (SSSR count). The van der Waals surface area contributed by atoms with Gasteiger partial charge in [0.25, 0.3) is 0 Å². The third-order valence-corrected chi connectivity index (χ3v) is 6.97. The number of likely N-dealkylation sites (tertiary alicyclic amines) is 2. The van der Waals surface area contributed by atoms with Crippen molar-refractivity contribution in [1.29, 1.82) is 0 Å². The highest BCUT2D eigenvalue weighted by molar-refractivity contribution is 6.30. The molecule has 1 N–H and O–H groups in total. The Morgan fingerprint density at radius 1 is 1.13 bits per heavy atom. The van der Waals surface area contributed by atoms with E-state index in [1.54, 1.807) is 0 Å². The van der Waals surface area contributed by atoms with E-state index in [9.17, 15) is 4.79 Å². The first-order valence-electron chi connectivity index (χ1n) is 11.4. The second-order valence-corrected chi connectivity index (χ2v) is 12.1. The first-order chi connectivity index (χ1) is 13.8. The average molecular weight is 434 g/mol. The lowest BCUT2D eigenvalue weighted by molar-refractivity contribution is -0.123. The summed E-state index contributed by atoms with van der Waals surface area (Å²) < 4.78 is 0. The van der Waals surface area contributed by atoms with Crippen LogP contribution in [-0.2, 0) is 0 Å². The fraction of sp³-hybridized carbons (Fsp3) is 0.720. The van der Waals surface area contributed by atoms with Crippen LogP contribution in [0.2, 0.25) is 5.02 Å². The number of nitrogens with one attached hydrogen (secondary N) is 1. The highest BCUT2D eigenvalue weighted by atomic mass is 35.5. The molecule has 4 nitrogen and oxygen atoms in total. The topological polar surface area (TPSA) is 35.6 Å². The largest absolute Gasteiger partial charge is 0.333 e. The first kappa shape index (κ1) is 23.4. The summed E-state index contributed by atoms with van der Waals surface area (Å²) in [5.74, 6) is 0. The smallest absolute Gasteiger partial charge is 0.317 e. The van der Waals surface area contributed by atoms with Gasteiger partial charge in [-0.2, -0.15) is 0 Å². The lowest BCUT2D eigenvalue weighted by atomic mass is 9.62. The van der Waals surface area contributed by atoms with Gasteiger partial charge in [0.1, 0.15) is 0 Å². The van der Waals surface area contributed by atoms with E-state index in [0.29, 0.717) is 12.1 Å². The minimum atomic E-state index is -0.207. The lowest BCUT2D eigenvalue weighted by Crippen LogP contribution is -2.65. The van der Waals surface area contributed by atoms with Crippen LogP contribution < -0.4 is 5.32 Å². The number of halogens is 1.